The van der Waals surface area contributed by atoms with E-state index >= 15 is 0 Å². The summed E-state index contributed by atoms with van der Waals surface area (Å²) in [5.74, 6) is 0.902. The van der Waals surface area contributed by atoms with Crippen molar-refractivity contribution >= 4 is 22.0 Å². The van der Waals surface area contributed by atoms with Crippen molar-refractivity contribution in [3.8, 4) is 5.75 Å². The van der Waals surface area contributed by atoms with E-state index in [-0.39, 0.29) is 12.2 Å². The summed E-state index contributed by atoms with van der Waals surface area (Å²) in [6.45, 7) is 7.03. The molecule has 0 unspecified atom stereocenters. The van der Waals surface area contributed by atoms with Gasteiger partial charge in [0.05, 0.1) is 0 Å². The Kier molecular flexibility index (Phi) is 6.33. The molecule has 0 N–H and O–H groups in total. The first kappa shape index (κ1) is 18.1. The average Bonchev–Trinajstić information content (AvgIpc) is 2.48. The maximum absolute atomic E-state index is 12.0. The molecular formula is C18H26BrNO3. The first-order valence-corrected chi connectivity index (χ1v) is 9.29. The number of aryl methyl sites for hydroxylation is 1. The molecule has 1 aliphatic rings. The molecular weight excluding hydrogens is 358 g/mol. The molecule has 2 rings (SSSR count). The average molecular weight is 384 g/mol. The van der Waals surface area contributed by atoms with Gasteiger partial charge in [-0.2, -0.15) is 0 Å². The van der Waals surface area contributed by atoms with Crippen LogP contribution in [0.1, 0.15) is 39.2 Å². The number of alkyl halides is 1. The molecule has 1 amide bonds. The van der Waals surface area contributed by atoms with Crippen LogP contribution in [0.15, 0.2) is 24.3 Å². The van der Waals surface area contributed by atoms with E-state index in [1.807, 2.05) is 32.9 Å². The molecule has 4 nitrogen and oxygen atoms in total. The van der Waals surface area contributed by atoms with Crippen LogP contribution in [-0.2, 0) is 11.2 Å². The van der Waals surface area contributed by atoms with Gasteiger partial charge in [0.2, 0.25) is 0 Å². The number of likely N-dealkylation sites (tertiary alicyclic amines) is 1. The van der Waals surface area contributed by atoms with Crippen molar-refractivity contribution in [2.75, 3.05) is 18.4 Å². The lowest BCUT2D eigenvalue weighted by atomic mass is 10.1. The molecule has 0 radical (unpaired) electrons. The van der Waals surface area contributed by atoms with Gasteiger partial charge in [0.15, 0.2) is 0 Å². The zero-order chi connectivity index (χ0) is 16.9. The summed E-state index contributed by atoms with van der Waals surface area (Å²) < 4.78 is 11.4. The van der Waals surface area contributed by atoms with E-state index in [2.05, 4.69) is 28.1 Å². The van der Waals surface area contributed by atoms with E-state index in [0.29, 0.717) is 13.1 Å². The van der Waals surface area contributed by atoms with E-state index in [0.717, 1.165) is 30.3 Å². The number of nitrogens with zero attached hydrogens (tertiary/aromatic N) is 1. The number of carbonyl (C=O) groups excluding carboxylic acids is 1. The van der Waals surface area contributed by atoms with Crippen molar-refractivity contribution in [2.24, 2.45) is 0 Å². The number of hydrogen-bond acceptors (Lipinski definition) is 3. The molecule has 0 spiro atoms. The molecule has 1 aliphatic heterocycles. The third kappa shape index (κ3) is 6.05. The zero-order valence-electron chi connectivity index (χ0n) is 14.2. The van der Waals surface area contributed by atoms with Crippen molar-refractivity contribution in [3.63, 3.8) is 0 Å². The Bertz CT molecular complexity index is 502. The number of amides is 1. The number of halogens is 1. The number of hydrogen-bond donors (Lipinski definition) is 0. The van der Waals surface area contributed by atoms with Crippen LogP contribution in [-0.4, -0.2) is 41.1 Å². The molecule has 1 fully saturated rings. The summed E-state index contributed by atoms with van der Waals surface area (Å²) in [7, 11) is 0. The molecule has 1 saturated heterocycles. The Morgan fingerprint density at radius 3 is 2.35 bits per heavy atom. The molecule has 0 bridgehead atoms. The number of rotatable bonds is 4. The van der Waals surface area contributed by atoms with Crippen molar-refractivity contribution in [3.05, 3.63) is 29.8 Å². The molecule has 0 atom stereocenters. The van der Waals surface area contributed by atoms with Crippen molar-refractivity contribution < 1.29 is 14.3 Å². The molecule has 1 heterocycles. The zero-order valence-corrected chi connectivity index (χ0v) is 15.8. The van der Waals surface area contributed by atoms with E-state index in [4.69, 9.17) is 9.47 Å². The van der Waals surface area contributed by atoms with Crippen LogP contribution in [0.5, 0.6) is 5.75 Å². The highest BCUT2D eigenvalue weighted by Crippen LogP contribution is 2.21. The lowest BCUT2D eigenvalue weighted by Crippen LogP contribution is -2.44. The van der Waals surface area contributed by atoms with Gasteiger partial charge in [0.25, 0.3) is 0 Å². The fourth-order valence-corrected chi connectivity index (χ4v) is 2.98. The van der Waals surface area contributed by atoms with Crippen LogP contribution in [0.4, 0.5) is 4.79 Å². The van der Waals surface area contributed by atoms with Gasteiger partial charge in [0, 0.05) is 31.3 Å². The molecule has 1 aromatic rings. The summed E-state index contributed by atoms with van der Waals surface area (Å²) in [4.78, 5) is 13.8. The number of ether oxygens (including phenoxy) is 2. The van der Waals surface area contributed by atoms with Crippen LogP contribution in [0, 0.1) is 0 Å². The van der Waals surface area contributed by atoms with E-state index in [9.17, 15) is 4.79 Å². The number of carbonyl (C=O) groups is 1. The van der Waals surface area contributed by atoms with Gasteiger partial charge < -0.3 is 14.4 Å². The minimum absolute atomic E-state index is 0.163. The van der Waals surface area contributed by atoms with Gasteiger partial charge in [-0.15, -0.1) is 0 Å². The largest absolute Gasteiger partial charge is 0.490 e. The Balaban J connectivity index is 1.79. The predicted molar refractivity (Wildman–Crippen MR) is 95.4 cm³/mol. The normalized spacial score (nSPS) is 16.3. The minimum atomic E-state index is -0.443. The van der Waals surface area contributed by atoms with Crippen LogP contribution in [0.2, 0.25) is 0 Å². The summed E-state index contributed by atoms with van der Waals surface area (Å²) in [6, 6.07) is 8.26. The molecule has 0 saturated carbocycles. The van der Waals surface area contributed by atoms with Gasteiger partial charge in [-0.3, -0.25) is 0 Å². The predicted octanol–water partition coefficient (Wildman–Crippen LogP) is 4.40. The number of benzene rings is 1. The van der Waals surface area contributed by atoms with E-state index in [1.54, 1.807) is 4.90 Å². The quantitative estimate of drug-likeness (QED) is 0.723. The smallest absolute Gasteiger partial charge is 0.410 e. The van der Waals surface area contributed by atoms with E-state index in [1.165, 1.54) is 5.56 Å². The molecule has 128 valence electrons. The minimum Gasteiger partial charge on any atom is -0.490 e. The Hall–Kier alpha value is -1.23. The van der Waals surface area contributed by atoms with Crippen molar-refractivity contribution in [1.29, 1.82) is 0 Å². The van der Waals surface area contributed by atoms with Crippen LogP contribution < -0.4 is 4.74 Å². The maximum atomic E-state index is 12.0. The van der Waals surface area contributed by atoms with Crippen LogP contribution >= 0.6 is 15.9 Å². The van der Waals surface area contributed by atoms with Crippen molar-refractivity contribution in [2.45, 2.75) is 51.7 Å². The second kappa shape index (κ2) is 8.04. The van der Waals surface area contributed by atoms with Crippen molar-refractivity contribution in [1.82, 2.24) is 4.90 Å². The molecule has 1 aromatic carbocycles. The lowest BCUT2D eigenvalue weighted by Gasteiger charge is -2.33. The molecule has 5 heteroatoms. The highest BCUT2D eigenvalue weighted by molar-refractivity contribution is 9.09. The van der Waals surface area contributed by atoms with Gasteiger partial charge in [0.1, 0.15) is 17.5 Å². The highest BCUT2D eigenvalue weighted by atomic mass is 79.9. The Labute approximate surface area is 147 Å². The Morgan fingerprint density at radius 1 is 1.22 bits per heavy atom. The maximum Gasteiger partial charge on any atom is 0.410 e. The fourth-order valence-electron chi connectivity index (χ4n) is 2.52. The third-order valence-electron chi connectivity index (χ3n) is 3.70. The van der Waals surface area contributed by atoms with Gasteiger partial charge in [-0.25, -0.2) is 4.79 Å². The Morgan fingerprint density at radius 2 is 1.83 bits per heavy atom. The summed E-state index contributed by atoms with van der Waals surface area (Å²) in [5.41, 5.74) is 0.857. The first-order valence-electron chi connectivity index (χ1n) is 8.17. The summed E-state index contributed by atoms with van der Waals surface area (Å²) in [6.07, 6.45) is 2.63. The fraction of sp³-hybridized carbons (Fsp3) is 0.611. The first-order chi connectivity index (χ1) is 10.9. The molecule has 0 aromatic heterocycles. The topological polar surface area (TPSA) is 38.8 Å². The third-order valence-corrected chi connectivity index (χ3v) is 4.10. The number of piperidine rings is 1. The monoisotopic (exact) mass is 383 g/mol. The van der Waals surface area contributed by atoms with Crippen LogP contribution in [0.3, 0.4) is 0 Å². The molecule has 23 heavy (non-hydrogen) atoms. The van der Waals surface area contributed by atoms with Crippen LogP contribution in [0.25, 0.3) is 0 Å². The highest BCUT2D eigenvalue weighted by Gasteiger charge is 2.27. The van der Waals surface area contributed by atoms with Gasteiger partial charge in [-0.1, -0.05) is 28.1 Å². The summed E-state index contributed by atoms with van der Waals surface area (Å²) >= 11 is 3.45. The summed E-state index contributed by atoms with van der Waals surface area (Å²) in [5, 5.41) is 0.969. The SMILES string of the molecule is CC(C)(C)OC(=O)N1CCC(Oc2ccc(CCBr)cc2)CC1. The standard InChI is InChI=1S/C18H26BrNO3/c1-18(2,3)23-17(21)20-12-9-16(10-13-20)22-15-6-4-14(5-7-15)8-11-19/h4-7,16H,8-13H2,1-3H3. The van der Waals surface area contributed by atoms with Gasteiger partial charge >= 0.3 is 6.09 Å². The van der Waals surface area contributed by atoms with E-state index < -0.39 is 5.60 Å². The second-order valence-corrected chi connectivity index (χ2v) is 7.66. The lowest BCUT2D eigenvalue weighted by molar-refractivity contribution is 0.0126. The second-order valence-electron chi connectivity index (χ2n) is 6.87. The molecule has 0 aliphatic carbocycles. The van der Waals surface area contributed by atoms with Gasteiger partial charge in [-0.05, 0) is 44.9 Å².